The fourth-order valence-electron chi connectivity index (χ4n) is 2.84. The summed E-state index contributed by atoms with van der Waals surface area (Å²) in [5.74, 6) is -0.0357. The molecule has 2 aromatic carbocycles. The Hall–Kier alpha value is -2.33. The highest BCUT2D eigenvalue weighted by Gasteiger charge is 2.30. The molecule has 0 saturated heterocycles. The lowest BCUT2D eigenvalue weighted by molar-refractivity contribution is -0.122. The number of hydrogen-bond acceptors (Lipinski definition) is 2. The van der Waals surface area contributed by atoms with E-state index < -0.39 is 0 Å². The summed E-state index contributed by atoms with van der Waals surface area (Å²) >= 11 is 6.18. The molecule has 5 heteroatoms. The van der Waals surface area contributed by atoms with Crippen molar-refractivity contribution in [3.05, 3.63) is 57.7 Å². The molecule has 1 amide bonds. The van der Waals surface area contributed by atoms with Crippen molar-refractivity contribution in [2.24, 2.45) is 5.92 Å². The predicted octanol–water partition coefficient (Wildman–Crippen LogP) is 2.12. The molecule has 1 unspecified atom stereocenters. The second-order valence-corrected chi connectivity index (χ2v) is 6.61. The maximum Gasteiger partial charge on any atom is 0.224 e. The Bertz CT molecular complexity index is 937. The van der Waals surface area contributed by atoms with Crippen molar-refractivity contribution in [2.75, 3.05) is 0 Å². The molecule has 2 aliphatic rings. The Labute approximate surface area is 143 Å². The van der Waals surface area contributed by atoms with Crippen LogP contribution in [-0.4, -0.2) is 12.1 Å². The topological polar surface area (TPSA) is 41.1 Å². The molecular weight excluding hydrogens is 327 g/mol. The van der Waals surface area contributed by atoms with Gasteiger partial charge in [-0.05, 0) is 59.2 Å². The number of amides is 1. The maximum absolute atomic E-state index is 13.5. The SMILES string of the molecule is O=C(NC1C=c2ccc(-c3cc(F)ccc3Cl)cc2=CN1)C1CC1. The highest BCUT2D eigenvalue weighted by atomic mass is 35.5. The lowest BCUT2D eigenvalue weighted by atomic mass is 10.0. The van der Waals surface area contributed by atoms with Crippen LogP contribution in [0.15, 0.2) is 36.4 Å². The summed E-state index contributed by atoms with van der Waals surface area (Å²) in [6.07, 6.45) is 5.61. The van der Waals surface area contributed by atoms with Gasteiger partial charge in [0.1, 0.15) is 12.0 Å². The number of halogens is 2. The monoisotopic (exact) mass is 342 g/mol. The number of rotatable bonds is 3. The molecule has 2 N–H and O–H groups in total. The van der Waals surface area contributed by atoms with Crippen molar-refractivity contribution in [1.82, 2.24) is 10.6 Å². The summed E-state index contributed by atoms with van der Waals surface area (Å²) in [6, 6.07) is 10.2. The van der Waals surface area contributed by atoms with Gasteiger partial charge in [0.15, 0.2) is 0 Å². The Kier molecular flexibility index (Phi) is 3.77. The third-order valence-electron chi connectivity index (χ3n) is 4.34. The fraction of sp³-hybridized carbons (Fsp3) is 0.211. The first kappa shape index (κ1) is 15.2. The quantitative estimate of drug-likeness (QED) is 0.897. The minimum atomic E-state index is -0.316. The van der Waals surface area contributed by atoms with E-state index in [0.29, 0.717) is 10.6 Å². The molecule has 0 spiro atoms. The molecular formula is C19H16ClFN2O. The van der Waals surface area contributed by atoms with E-state index in [1.165, 1.54) is 12.1 Å². The van der Waals surface area contributed by atoms with Crippen LogP contribution in [-0.2, 0) is 4.79 Å². The third kappa shape index (κ3) is 3.02. The largest absolute Gasteiger partial charge is 0.368 e. The number of nitrogens with one attached hydrogen (secondary N) is 2. The zero-order valence-corrected chi connectivity index (χ0v) is 13.6. The molecule has 0 aromatic heterocycles. The molecule has 1 heterocycles. The smallest absolute Gasteiger partial charge is 0.224 e. The van der Waals surface area contributed by atoms with E-state index in [-0.39, 0.29) is 23.8 Å². The van der Waals surface area contributed by atoms with Gasteiger partial charge in [-0.2, -0.15) is 0 Å². The van der Waals surface area contributed by atoms with Crippen molar-refractivity contribution >= 4 is 29.8 Å². The van der Waals surface area contributed by atoms with Crippen LogP contribution in [0.25, 0.3) is 23.4 Å². The summed E-state index contributed by atoms with van der Waals surface area (Å²) in [5, 5.41) is 8.66. The Morgan fingerprint density at radius 1 is 1.17 bits per heavy atom. The van der Waals surface area contributed by atoms with Gasteiger partial charge in [0, 0.05) is 22.7 Å². The van der Waals surface area contributed by atoms with Crippen molar-refractivity contribution in [3.8, 4) is 11.1 Å². The van der Waals surface area contributed by atoms with Crippen LogP contribution in [0, 0.1) is 11.7 Å². The number of carbonyl (C=O) groups is 1. The van der Waals surface area contributed by atoms with Gasteiger partial charge in [0.05, 0.1) is 0 Å². The highest BCUT2D eigenvalue weighted by molar-refractivity contribution is 6.33. The van der Waals surface area contributed by atoms with E-state index in [2.05, 4.69) is 10.6 Å². The van der Waals surface area contributed by atoms with Gasteiger partial charge >= 0.3 is 0 Å². The molecule has 1 saturated carbocycles. The molecule has 1 fully saturated rings. The summed E-state index contributed by atoms with van der Waals surface area (Å²) in [5.41, 5.74) is 1.52. The molecule has 1 aliphatic carbocycles. The van der Waals surface area contributed by atoms with E-state index in [1.807, 2.05) is 30.5 Å². The Morgan fingerprint density at radius 2 is 2.00 bits per heavy atom. The minimum Gasteiger partial charge on any atom is -0.368 e. The van der Waals surface area contributed by atoms with E-state index in [4.69, 9.17) is 11.6 Å². The first-order valence-electron chi connectivity index (χ1n) is 7.94. The number of hydrogen-bond donors (Lipinski definition) is 2. The molecule has 1 atom stereocenters. The van der Waals surface area contributed by atoms with Crippen molar-refractivity contribution in [2.45, 2.75) is 19.0 Å². The van der Waals surface area contributed by atoms with Gasteiger partial charge in [-0.15, -0.1) is 0 Å². The van der Waals surface area contributed by atoms with E-state index in [1.54, 1.807) is 6.07 Å². The lowest BCUT2D eigenvalue weighted by Gasteiger charge is -2.18. The molecule has 1 aliphatic heterocycles. The minimum absolute atomic E-state index is 0.101. The number of carbonyl (C=O) groups excluding carboxylic acids is 1. The molecule has 0 bridgehead atoms. The molecule has 4 rings (SSSR count). The van der Waals surface area contributed by atoms with Crippen LogP contribution in [0.5, 0.6) is 0 Å². The van der Waals surface area contributed by atoms with E-state index >= 15 is 0 Å². The first-order chi connectivity index (χ1) is 11.6. The maximum atomic E-state index is 13.5. The molecule has 24 heavy (non-hydrogen) atoms. The zero-order valence-electron chi connectivity index (χ0n) is 12.9. The van der Waals surface area contributed by atoms with Crippen molar-refractivity contribution < 1.29 is 9.18 Å². The van der Waals surface area contributed by atoms with Crippen molar-refractivity contribution in [3.63, 3.8) is 0 Å². The van der Waals surface area contributed by atoms with Crippen LogP contribution in [0.3, 0.4) is 0 Å². The number of fused-ring (bicyclic) bond motifs is 1. The summed E-state index contributed by atoms with van der Waals surface area (Å²) in [6.45, 7) is 0. The second kappa shape index (κ2) is 5.95. The Balaban J connectivity index is 1.65. The highest BCUT2D eigenvalue weighted by Crippen LogP contribution is 2.29. The average molecular weight is 343 g/mol. The van der Waals surface area contributed by atoms with E-state index in [9.17, 15) is 9.18 Å². The first-order valence-corrected chi connectivity index (χ1v) is 8.32. The van der Waals surface area contributed by atoms with Crippen LogP contribution in [0.4, 0.5) is 4.39 Å². The number of benzene rings is 2. The van der Waals surface area contributed by atoms with Crippen LogP contribution in [0.2, 0.25) is 5.02 Å². The predicted molar refractivity (Wildman–Crippen MR) is 92.8 cm³/mol. The van der Waals surface area contributed by atoms with Gasteiger partial charge in [0.25, 0.3) is 0 Å². The summed E-state index contributed by atoms with van der Waals surface area (Å²) < 4.78 is 13.5. The van der Waals surface area contributed by atoms with Gasteiger partial charge in [-0.1, -0.05) is 23.7 Å². The second-order valence-electron chi connectivity index (χ2n) is 6.21. The fourth-order valence-corrected chi connectivity index (χ4v) is 3.07. The van der Waals surface area contributed by atoms with Gasteiger partial charge in [-0.3, -0.25) is 4.79 Å². The molecule has 0 radical (unpaired) electrons. The normalized spacial score (nSPS) is 18.7. The van der Waals surface area contributed by atoms with Gasteiger partial charge in [0.2, 0.25) is 5.91 Å². The van der Waals surface area contributed by atoms with E-state index in [0.717, 1.165) is 28.8 Å². The van der Waals surface area contributed by atoms with Gasteiger partial charge < -0.3 is 10.6 Å². The van der Waals surface area contributed by atoms with Crippen LogP contribution < -0.4 is 21.1 Å². The standard InChI is InChI=1S/C19H16ClFN2O/c20-17-6-5-15(21)9-16(17)13-4-3-12-8-18(22-10-14(12)7-13)23-19(24)11-1-2-11/h3-11,18,22H,1-2H2,(H,23,24). The van der Waals surface area contributed by atoms with Crippen LogP contribution >= 0.6 is 11.6 Å². The lowest BCUT2D eigenvalue weighted by Crippen LogP contribution is -2.48. The van der Waals surface area contributed by atoms with Gasteiger partial charge in [-0.25, -0.2) is 4.39 Å². The average Bonchev–Trinajstić information content (AvgIpc) is 3.42. The van der Waals surface area contributed by atoms with Crippen molar-refractivity contribution in [1.29, 1.82) is 0 Å². The molecule has 122 valence electrons. The van der Waals surface area contributed by atoms with Crippen LogP contribution in [0.1, 0.15) is 12.8 Å². The Morgan fingerprint density at radius 3 is 2.79 bits per heavy atom. The third-order valence-corrected chi connectivity index (χ3v) is 4.67. The molecule has 2 aromatic rings. The zero-order chi connectivity index (χ0) is 16.7. The molecule has 3 nitrogen and oxygen atoms in total. The summed E-state index contributed by atoms with van der Waals surface area (Å²) in [4.78, 5) is 11.9. The summed E-state index contributed by atoms with van der Waals surface area (Å²) in [7, 11) is 0.